The lowest BCUT2D eigenvalue weighted by Gasteiger charge is -2.11. The summed E-state index contributed by atoms with van der Waals surface area (Å²) in [4.78, 5) is 0. The van der Waals surface area contributed by atoms with Crippen molar-refractivity contribution in [2.45, 2.75) is 25.9 Å². The molecule has 0 saturated heterocycles. The Kier molecular flexibility index (Phi) is 5.01. The normalized spacial score (nSPS) is 12.7. The van der Waals surface area contributed by atoms with E-state index in [0.717, 1.165) is 31.5 Å². The van der Waals surface area contributed by atoms with Crippen LogP contribution in [0.5, 0.6) is 0 Å². The molecule has 1 unspecified atom stereocenters. The lowest BCUT2D eigenvalue weighted by Crippen LogP contribution is -1.99. The molecule has 1 nitrogen and oxygen atoms in total. The van der Waals surface area contributed by atoms with Crippen molar-refractivity contribution >= 4 is 43.2 Å². The van der Waals surface area contributed by atoms with Gasteiger partial charge in [0.05, 0.1) is 7.57 Å². The Hall–Kier alpha value is -0.160. The Labute approximate surface area is 128 Å². The predicted octanol–water partition coefficient (Wildman–Crippen LogP) is 5.31. The molecule has 0 aliphatic heterocycles. The van der Waals surface area contributed by atoms with E-state index in [1.807, 2.05) is 18.2 Å². The Morgan fingerprint density at radius 1 is 1.22 bits per heavy atom. The first kappa shape index (κ1) is 14.3. The maximum atomic E-state index is 10.4. The summed E-state index contributed by atoms with van der Waals surface area (Å²) in [5, 5.41) is 10.4. The Morgan fingerprint density at radius 3 is 2.39 bits per heavy atom. The van der Waals surface area contributed by atoms with Gasteiger partial charge >= 0.3 is 0 Å². The third kappa shape index (κ3) is 3.23. The zero-order chi connectivity index (χ0) is 13.1. The van der Waals surface area contributed by atoms with Gasteiger partial charge in [-0.25, -0.2) is 0 Å². The third-order valence-electron chi connectivity index (χ3n) is 2.81. The van der Waals surface area contributed by atoms with Crippen molar-refractivity contribution < 1.29 is 5.11 Å². The summed E-state index contributed by atoms with van der Waals surface area (Å²) in [5.74, 6) is 0. The van der Waals surface area contributed by atoms with E-state index in [2.05, 4.69) is 50.9 Å². The molecule has 1 aromatic heterocycles. The second kappa shape index (κ2) is 6.33. The maximum Gasteiger partial charge on any atom is 0.106 e. The van der Waals surface area contributed by atoms with Gasteiger partial charge in [0.25, 0.3) is 0 Å². The molecule has 18 heavy (non-hydrogen) atoms. The smallest absolute Gasteiger partial charge is 0.106 e. The van der Waals surface area contributed by atoms with Gasteiger partial charge in [0.15, 0.2) is 0 Å². The second-order valence-corrected chi connectivity index (χ2v) is 7.92. The number of aliphatic hydroxyl groups excluding tert-OH is 1. The minimum absolute atomic E-state index is 0.572. The van der Waals surface area contributed by atoms with E-state index < -0.39 is 6.10 Å². The van der Waals surface area contributed by atoms with Crippen LogP contribution in [-0.4, -0.2) is 5.11 Å². The Balaban J connectivity index is 2.23. The highest BCUT2D eigenvalue weighted by molar-refractivity contribution is 9.12. The molecule has 1 atom stereocenters. The summed E-state index contributed by atoms with van der Waals surface area (Å²) in [6.45, 7) is 2.17. The highest BCUT2D eigenvalue weighted by atomic mass is 79.9. The number of hydrogen-bond donors (Lipinski definition) is 1. The summed E-state index contributed by atoms with van der Waals surface area (Å²) >= 11 is 8.49. The van der Waals surface area contributed by atoms with Crippen molar-refractivity contribution in [2.24, 2.45) is 0 Å². The second-order valence-electron chi connectivity index (χ2n) is 4.17. The zero-order valence-electron chi connectivity index (χ0n) is 9.99. The Bertz CT molecular complexity index is 519. The van der Waals surface area contributed by atoms with Crippen molar-refractivity contribution in [3.63, 3.8) is 0 Å². The molecule has 1 heterocycles. The van der Waals surface area contributed by atoms with Gasteiger partial charge in [-0.2, -0.15) is 0 Å². The summed E-state index contributed by atoms with van der Waals surface area (Å²) in [6, 6.07) is 10.2. The molecule has 4 heteroatoms. The average Bonchev–Trinajstić information content (AvgIpc) is 2.69. The predicted molar refractivity (Wildman–Crippen MR) is 84.2 cm³/mol. The number of benzene rings is 1. The number of aryl methyl sites for hydroxylation is 1. The SMILES string of the molecule is CCCc1ccc(C(O)c2cc(Br)sc2Br)cc1. The van der Waals surface area contributed by atoms with E-state index in [1.54, 1.807) is 11.3 Å². The van der Waals surface area contributed by atoms with Gasteiger partial charge in [0.2, 0.25) is 0 Å². The van der Waals surface area contributed by atoms with Gasteiger partial charge in [0.1, 0.15) is 6.10 Å². The summed E-state index contributed by atoms with van der Waals surface area (Å²) < 4.78 is 1.99. The molecule has 0 aliphatic carbocycles. The van der Waals surface area contributed by atoms with Gasteiger partial charge in [0, 0.05) is 5.56 Å². The van der Waals surface area contributed by atoms with E-state index in [4.69, 9.17) is 0 Å². The monoisotopic (exact) mass is 388 g/mol. The molecule has 2 rings (SSSR count). The Morgan fingerprint density at radius 2 is 1.89 bits per heavy atom. The summed E-state index contributed by atoms with van der Waals surface area (Å²) in [6.07, 6.45) is 1.66. The first-order chi connectivity index (χ1) is 8.61. The zero-order valence-corrected chi connectivity index (χ0v) is 14.0. The minimum atomic E-state index is -0.572. The van der Waals surface area contributed by atoms with Crippen LogP contribution >= 0.6 is 43.2 Å². The molecular formula is C14H14Br2OS. The van der Waals surface area contributed by atoms with Crippen molar-refractivity contribution in [3.8, 4) is 0 Å². The molecule has 0 bridgehead atoms. The molecule has 0 spiro atoms. The highest BCUT2D eigenvalue weighted by Crippen LogP contribution is 2.37. The molecule has 0 amide bonds. The average molecular weight is 390 g/mol. The standard InChI is InChI=1S/C14H14Br2OS/c1-2-3-9-4-6-10(7-5-9)13(17)11-8-12(15)18-14(11)16/h4-8,13,17H,2-3H2,1H3. The van der Waals surface area contributed by atoms with Crippen LogP contribution in [0.1, 0.15) is 36.1 Å². The van der Waals surface area contributed by atoms with E-state index in [1.165, 1.54) is 5.56 Å². The number of thiophene rings is 1. The van der Waals surface area contributed by atoms with Crippen LogP contribution < -0.4 is 0 Å². The van der Waals surface area contributed by atoms with Gasteiger partial charge < -0.3 is 5.11 Å². The van der Waals surface area contributed by atoms with Gasteiger partial charge in [-0.05, 0) is 55.5 Å². The molecule has 0 saturated carbocycles. The first-order valence-corrected chi connectivity index (χ1v) is 8.23. The van der Waals surface area contributed by atoms with Crippen molar-refractivity contribution in [1.82, 2.24) is 0 Å². The fourth-order valence-electron chi connectivity index (χ4n) is 1.87. The third-order valence-corrected chi connectivity index (χ3v) is 5.20. The largest absolute Gasteiger partial charge is 0.384 e. The molecule has 0 fully saturated rings. The van der Waals surface area contributed by atoms with E-state index >= 15 is 0 Å². The molecular weight excluding hydrogens is 376 g/mol. The molecule has 2 aromatic rings. The van der Waals surface area contributed by atoms with E-state index in [-0.39, 0.29) is 0 Å². The van der Waals surface area contributed by atoms with E-state index in [9.17, 15) is 5.11 Å². The van der Waals surface area contributed by atoms with Gasteiger partial charge in [-0.3, -0.25) is 0 Å². The molecule has 0 aliphatic rings. The van der Waals surface area contributed by atoms with Crippen molar-refractivity contribution in [2.75, 3.05) is 0 Å². The summed E-state index contributed by atoms with van der Waals surface area (Å²) in [5.41, 5.74) is 3.16. The molecule has 0 radical (unpaired) electrons. The van der Waals surface area contributed by atoms with Crippen molar-refractivity contribution in [3.05, 3.63) is 54.6 Å². The lowest BCUT2D eigenvalue weighted by molar-refractivity contribution is 0.220. The van der Waals surface area contributed by atoms with Crippen molar-refractivity contribution in [1.29, 1.82) is 0 Å². The van der Waals surface area contributed by atoms with Crippen LogP contribution in [0.2, 0.25) is 0 Å². The number of hydrogen-bond acceptors (Lipinski definition) is 2. The molecule has 1 N–H and O–H groups in total. The van der Waals surface area contributed by atoms with Crippen LogP contribution in [-0.2, 0) is 6.42 Å². The molecule has 96 valence electrons. The first-order valence-electron chi connectivity index (χ1n) is 5.83. The molecule has 1 aromatic carbocycles. The fourth-order valence-corrected chi connectivity index (χ4v) is 4.76. The highest BCUT2D eigenvalue weighted by Gasteiger charge is 2.16. The topological polar surface area (TPSA) is 20.2 Å². The van der Waals surface area contributed by atoms with E-state index in [0.29, 0.717) is 0 Å². The van der Waals surface area contributed by atoms with Crippen LogP contribution in [0.15, 0.2) is 37.9 Å². The van der Waals surface area contributed by atoms with Crippen LogP contribution in [0.4, 0.5) is 0 Å². The number of halogens is 2. The fraction of sp³-hybridized carbons (Fsp3) is 0.286. The lowest BCUT2D eigenvalue weighted by atomic mass is 10.0. The maximum absolute atomic E-state index is 10.4. The van der Waals surface area contributed by atoms with Crippen LogP contribution in [0.3, 0.4) is 0 Å². The van der Waals surface area contributed by atoms with Crippen LogP contribution in [0.25, 0.3) is 0 Å². The number of rotatable bonds is 4. The summed E-state index contributed by atoms with van der Waals surface area (Å²) in [7, 11) is 0. The minimum Gasteiger partial charge on any atom is -0.384 e. The van der Waals surface area contributed by atoms with Crippen LogP contribution in [0, 0.1) is 0 Å². The number of aliphatic hydroxyl groups is 1. The quantitative estimate of drug-likeness (QED) is 0.751. The van der Waals surface area contributed by atoms with Gasteiger partial charge in [-0.15, -0.1) is 11.3 Å². The van der Waals surface area contributed by atoms with Gasteiger partial charge in [-0.1, -0.05) is 37.6 Å².